The molecule has 3 heteroatoms. The highest BCUT2D eigenvalue weighted by atomic mass is 35.5. The first kappa shape index (κ1) is 13.5. The molecule has 18 heavy (non-hydrogen) atoms. The third kappa shape index (κ3) is 2.92. The summed E-state index contributed by atoms with van der Waals surface area (Å²) in [7, 11) is 1.65. The Bertz CT molecular complexity index is 417. The molecule has 1 aliphatic carbocycles. The van der Waals surface area contributed by atoms with E-state index in [2.05, 4.69) is 19.2 Å². The molecule has 1 N–H and O–H groups in total. The summed E-state index contributed by atoms with van der Waals surface area (Å²) >= 11 is 6.04. The molecule has 0 aliphatic heterocycles. The molecular formula is C15H22ClNO. The lowest BCUT2D eigenvalue weighted by atomic mass is 9.73. The second-order valence-electron chi connectivity index (χ2n) is 5.78. The van der Waals surface area contributed by atoms with E-state index in [0.29, 0.717) is 16.5 Å². The summed E-state index contributed by atoms with van der Waals surface area (Å²) in [6.45, 7) is 4.69. The first-order chi connectivity index (χ1) is 8.53. The maximum atomic E-state index is 6.04. The first-order valence-electron chi connectivity index (χ1n) is 6.63. The number of nitrogens with one attached hydrogen (secondary N) is 1. The zero-order valence-electron chi connectivity index (χ0n) is 11.4. The van der Waals surface area contributed by atoms with Gasteiger partial charge in [-0.25, -0.2) is 0 Å². The largest absolute Gasteiger partial charge is 0.495 e. The van der Waals surface area contributed by atoms with Crippen molar-refractivity contribution < 1.29 is 4.74 Å². The normalized spacial score (nSPS) is 22.6. The summed E-state index contributed by atoms with van der Waals surface area (Å²) in [4.78, 5) is 0. The first-order valence-corrected chi connectivity index (χ1v) is 7.01. The van der Waals surface area contributed by atoms with E-state index in [4.69, 9.17) is 16.3 Å². The highest BCUT2D eigenvalue weighted by molar-refractivity contribution is 6.32. The van der Waals surface area contributed by atoms with Gasteiger partial charge in [-0.1, -0.05) is 38.3 Å². The fourth-order valence-electron chi connectivity index (χ4n) is 2.71. The zero-order valence-corrected chi connectivity index (χ0v) is 12.2. The van der Waals surface area contributed by atoms with Gasteiger partial charge in [0.1, 0.15) is 5.75 Å². The molecular weight excluding hydrogens is 246 g/mol. The highest BCUT2D eigenvalue weighted by Gasteiger charge is 2.32. The monoisotopic (exact) mass is 267 g/mol. The van der Waals surface area contributed by atoms with E-state index in [-0.39, 0.29) is 0 Å². The molecule has 2 rings (SSSR count). The molecule has 0 spiro atoms. The number of hydrogen-bond donors (Lipinski definition) is 1. The van der Waals surface area contributed by atoms with Gasteiger partial charge < -0.3 is 10.1 Å². The van der Waals surface area contributed by atoms with Gasteiger partial charge in [0.25, 0.3) is 0 Å². The fourth-order valence-corrected chi connectivity index (χ4v) is 2.91. The van der Waals surface area contributed by atoms with Crippen molar-refractivity contribution in [3.63, 3.8) is 0 Å². The van der Waals surface area contributed by atoms with Crippen LogP contribution in [0.5, 0.6) is 5.75 Å². The van der Waals surface area contributed by atoms with Crippen LogP contribution in [0.4, 0.5) is 5.69 Å². The molecule has 1 unspecified atom stereocenters. The maximum Gasteiger partial charge on any atom is 0.139 e. The van der Waals surface area contributed by atoms with Gasteiger partial charge in [0, 0.05) is 17.8 Å². The minimum atomic E-state index is 0.352. The Balaban J connectivity index is 2.13. The molecule has 1 aromatic rings. The molecule has 2 nitrogen and oxygen atoms in total. The van der Waals surface area contributed by atoms with Crippen LogP contribution in [0.25, 0.3) is 0 Å². The minimum absolute atomic E-state index is 0.352. The summed E-state index contributed by atoms with van der Waals surface area (Å²) in [5.41, 5.74) is 1.45. The Morgan fingerprint density at radius 3 is 2.78 bits per heavy atom. The molecule has 0 aromatic heterocycles. The fraction of sp³-hybridized carbons (Fsp3) is 0.600. The van der Waals surface area contributed by atoms with Crippen LogP contribution in [0.15, 0.2) is 18.2 Å². The molecule has 0 saturated heterocycles. The summed E-state index contributed by atoms with van der Waals surface area (Å²) < 4.78 is 5.25. The van der Waals surface area contributed by atoms with E-state index >= 15 is 0 Å². The SMILES string of the molecule is COc1cc(NC2CCCCC2(C)C)ccc1Cl. The Hall–Kier alpha value is -0.890. The highest BCUT2D eigenvalue weighted by Crippen LogP contribution is 2.38. The van der Waals surface area contributed by atoms with Crippen molar-refractivity contribution >= 4 is 17.3 Å². The van der Waals surface area contributed by atoms with Gasteiger partial charge in [0.05, 0.1) is 12.1 Å². The van der Waals surface area contributed by atoms with Crippen molar-refractivity contribution in [1.82, 2.24) is 0 Å². The lowest BCUT2D eigenvalue weighted by molar-refractivity contribution is 0.217. The van der Waals surface area contributed by atoms with Crippen LogP contribution < -0.4 is 10.1 Å². The molecule has 1 aromatic carbocycles. The quantitative estimate of drug-likeness (QED) is 0.855. The van der Waals surface area contributed by atoms with E-state index in [1.165, 1.54) is 25.7 Å². The van der Waals surface area contributed by atoms with Crippen molar-refractivity contribution in [3.05, 3.63) is 23.2 Å². The van der Waals surface area contributed by atoms with E-state index < -0.39 is 0 Å². The smallest absolute Gasteiger partial charge is 0.139 e. The third-order valence-corrected chi connectivity index (χ3v) is 4.31. The molecule has 1 atom stereocenters. The molecule has 100 valence electrons. The number of methoxy groups -OCH3 is 1. The van der Waals surface area contributed by atoms with E-state index in [1.54, 1.807) is 7.11 Å². The maximum absolute atomic E-state index is 6.04. The number of halogens is 1. The Morgan fingerprint density at radius 1 is 1.33 bits per heavy atom. The molecule has 1 fully saturated rings. The van der Waals surface area contributed by atoms with Crippen molar-refractivity contribution in [2.45, 2.75) is 45.6 Å². The van der Waals surface area contributed by atoms with E-state index in [9.17, 15) is 0 Å². The van der Waals surface area contributed by atoms with E-state index in [1.807, 2.05) is 18.2 Å². The Morgan fingerprint density at radius 2 is 2.11 bits per heavy atom. The van der Waals surface area contributed by atoms with Gasteiger partial charge in [-0.15, -0.1) is 0 Å². The number of hydrogen-bond acceptors (Lipinski definition) is 2. The molecule has 0 bridgehead atoms. The molecule has 0 heterocycles. The summed E-state index contributed by atoms with van der Waals surface area (Å²) in [6, 6.07) is 6.42. The van der Waals surface area contributed by atoms with Gasteiger partial charge >= 0.3 is 0 Å². The van der Waals surface area contributed by atoms with Crippen molar-refractivity contribution in [3.8, 4) is 5.75 Å². The van der Waals surface area contributed by atoms with Crippen LogP contribution in [0, 0.1) is 5.41 Å². The predicted octanol–water partition coefficient (Wildman–Crippen LogP) is 4.73. The Kier molecular flexibility index (Phi) is 4.06. The van der Waals surface area contributed by atoms with E-state index in [0.717, 1.165) is 11.4 Å². The van der Waals surface area contributed by atoms with Gasteiger partial charge in [0.2, 0.25) is 0 Å². The average Bonchev–Trinajstić information content (AvgIpc) is 2.34. The topological polar surface area (TPSA) is 21.3 Å². The van der Waals surface area contributed by atoms with Gasteiger partial charge in [-0.3, -0.25) is 0 Å². The molecule has 1 aliphatic rings. The van der Waals surface area contributed by atoms with Crippen LogP contribution in [0.1, 0.15) is 39.5 Å². The van der Waals surface area contributed by atoms with Crippen LogP contribution in [0.2, 0.25) is 5.02 Å². The number of ether oxygens (including phenoxy) is 1. The lowest BCUT2D eigenvalue weighted by Crippen LogP contribution is -2.38. The molecule has 0 radical (unpaired) electrons. The second kappa shape index (κ2) is 5.40. The van der Waals surface area contributed by atoms with Gasteiger partial charge in [-0.2, -0.15) is 0 Å². The number of benzene rings is 1. The standard InChI is InChI=1S/C15H22ClNO/c1-15(2)9-5-4-6-14(15)17-11-7-8-12(16)13(10-11)18-3/h7-8,10,14,17H,4-6,9H2,1-3H3. The third-order valence-electron chi connectivity index (χ3n) is 4.00. The van der Waals surface area contributed by atoms with Crippen molar-refractivity contribution in [2.75, 3.05) is 12.4 Å². The van der Waals surface area contributed by atoms with Gasteiger partial charge in [-0.05, 0) is 30.4 Å². The average molecular weight is 268 g/mol. The van der Waals surface area contributed by atoms with Gasteiger partial charge in [0.15, 0.2) is 0 Å². The minimum Gasteiger partial charge on any atom is -0.495 e. The number of rotatable bonds is 3. The summed E-state index contributed by atoms with van der Waals surface area (Å²) in [5, 5.41) is 4.29. The van der Waals surface area contributed by atoms with Crippen molar-refractivity contribution in [2.24, 2.45) is 5.41 Å². The second-order valence-corrected chi connectivity index (χ2v) is 6.19. The lowest BCUT2D eigenvalue weighted by Gasteiger charge is -2.39. The predicted molar refractivity (Wildman–Crippen MR) is 77.7 cm³/mol. The van der Waals surface area contributed by atoms with Crippen LogP contribution >= 0.6 is 11.6 Å². The summed E-state index contributed by atoms with van der Waals surface area (Å²) in [6.07, 6.45) is 5.17. The van der Waals surface area contributed by atoms with Crippen molar-refractivity contribution in [1.29, 1.82) is 0 Å². The molecule has 1 saturated carbocycles. The summed E-state index contributed by atoms with van der Waals surface area (Å²) in [5.74, 6) is 0.732. The van der Waals surface area contributed by atoms with Crippen LogP contribution in [-0.4, -0.2) is 13.2 Å². The van der Waals surface area contributed by atoms with Crippen LogP contribution in [-0.2, 0) is 0 Å². The zero-order chi connectivity index (χ0) is 13.2. The molecule has 0 amide bonds. The van der Waals surface area contributed by atoms with Crippen LogP contribution in [0.3, 0.4) is 0 Å². The Labute approximate surface area is 115 Å². The number of anilines is 1.